The summed E-state index contributed by atoms with van der Waals surface area (Å²) in [6.45, 7) is 1.20. The number of hydrogen-bond donors (Lipinski definition) is 3. The van der Waals surface area contributed by atoms with Gasteiger partial charge in [-0.1, -0.05) is 0 Å². The highest BCUT2D eigenvalue weighted by atomic mass is 16.4. The fourth-order valence-electron chi connectivity index (χ4n) is 1.26. The number of nitrogens with zero attached hydrogens (tertiary/aromatic N) is 1. The first-order chi connectivity index (χ1) is 7.47. The van der Waals surface area contributed by atoms with Gasteiger partial charge in [0, 0.05) is 12.7 Å². The van der Waals surface area contributed by atoms with Crippen molar-refractivity contribution >= 4 is 11.9 Å². The third-order valence-electron chi connectivity index (χ3n) is 2.39. The number of amides is 1. The van der Waals surface area contributed by atoms with Crippen molar-refractivity contribution in [1.82, 2.24) is 9.88 Å². The molecule has 1 aromatic rings. The third kappa shape index (κ3) is 2.40. The number of aliphatic hydroxyl groups excluding tert-OH is 1. The lowest BCUT2D eigenvalue weighted by atomic mass is 10.3. The van der Waals surface area contributed by atoms with Gasteiger partial charge in [0.25, 0.3) is 5.91 Å². The standard InChI is InChI=1S/C10H14N2O4/c1-6-3-4-8(12(6)2)9(14)11-7(5-13)10(15)16/h3-4,7,13H,5H2,1-2H3,(H,11,14)(H,15,16)/t7-/m0/s1. The number of aliphatic carboxylic acids is 1. The number of carboxylic acids is 1. The molecule has 0 saturated heterocycles. The van der Waals surface area contributed by atoms with Gasteiger partial charge in [-0.05, 0) is 19.1 Å². The summed E-state index contributed by atoms with van der Waals surface area (Å²) >= 11 is 0. The number of aryl methyl sites for hydroxylation is 1. The quantitative estimate of drug-likeness (QED) is 0.646. The number of aliphatic hydroxyl groups is 1. The maximum absolute atomic E-state index is 11.6. The van der Waals surface area contributed by atoms with Crippen LogP contribution in [-0.4, -0.2) is 39.3 Å². The molecule has 0 saturated carbocycles. The molecule has 16 heavy (non-hydrogen) atoms. The maximum atomic E-state index is 11.6. The van der Waals surface area contributed by atoms with Gasteiger partial charge in [0.1, 0.15) is 5.69 Å². The van der Waals surface area contributed by atoms with Crippen molar-refractivity contribution in [2.45, 2.75) is 13.0 Å². The predicted octanol–water partition coefficient (Wildman–Crippen LogP) is -0.491. The van der Waals surface area contributed by atoms with Crippen LogP contribution in [0.15, 0.2) is 12.1 Å². The normalized spacial score (nSPS) is 12.2. The minimum absolute atomic E-state index is 0.359. The van der Waals surface area contributed by atoms with E-state index in [4.69, 9.17) is 10.2 Å². The topological polar surface area (TPSA) is 91.6 Å². The highest BCUT2D eigenvalue weighted by Gasteiger charge is 2.20. The van der Waals surface area contributed by atoms with Crippen molar-refractivity contribution in [2.75, 3.05) is 6.61 Å². The van der Waals surface area contributed by atoms with E-state index in [1.807, 2.05) is 6.92 Å². The van der Waals surface area contributed by atoms with Gasteiger partial charge in [-0.3, -0.25) is 4.79 Å². The van der Waals surface area contributed by atoms with Gasteiger partial charge in [0.2, 0.25) is 0 Å². The van der Waals surface area contributed by atoms with E-state index in [0.29, 0.717) is 5.69 Å². The van der Waals surface area contributed by atoms with Crippen LogP contribution in [0.4, 0.5) is 0 Å². The van der Waals surface area contributed by atoms with Crippen molar-refractivity contribution in [3.8, 4) is 0 Å². The Bertz CT molecular complexity index is 411. The zero-order valence-corrected chi connectivity index (χ0v) is 9.10. The Morgan fingerprint density at radius 1 is 1.50 bits per heavy atom. The average Bonchev–Trinajstić information content (AvgIpc) is 2.55. The van der Waals surface area contributed by atoms with Crippen LogP contribution < -0.4 is 5.32 Å². The number of hydrogen-bond acceptors (Lipinski definition) is 3. The van der Waals surface area contributed by atoms with Gasteiger partial charge in [0.05, 0.1) is 6.61 Å². The van der Waals surface area contributed by atoms with Gasteiger partial charge < -0.3 is 20.1 Å². The molecule has 0 spiro atoms. The minimum Gasteiger partial charge on any atom is -0.480 e. The molecule has 1 heterocycles. The predicted molar refractivity (Wildman–Crippen MR) is 56.1 cm³/mol. The molecule has 0 aliphatic carbocycles. The van der Waals surface area contributed by atoms with E-state index in [2.05, 4.69) is 5.32 Å². The van der Waals surface area contributed by atoms with E-state index >= 15 is 0 Å². The summed E-state index contributed by atoms with van der Waals surface area (Å²) in [7, 11) is 1.71. The van der Waals surface area contributed by atoms with Gasteiger partial charge in [0.15, 0.2) is 6.04 Å². The maximum Gasteiger partial charge on any atom is 0.328 e. The summed E-state index contributed by atoms with van der Waals surface area (Å²) in [6.07, 6.45) is 0. The van der Waals surface area contributed by atoms with Crippen LogP contribution in [0.3, 0.4) is 0 Å². The van der Waals surface area contributed by atoms with Crippen LogP contribution in [0.2, 0.25) is 0 Å². The van der Waals surface area contributed by atoms with Gasteiger partial charge in [-0.25, -0.2) is 4.79 Å². The number of carboxylic acid groups (broad SMARTS) is 1. The Hall–Kier alpha value is -1.82. The summed E-state index contributed by atoms with van der Waals surface area (Å²) in [5, 5.41) is 19.7. The molecule has 0 fully saturated rings. The SMILES string of the molecule is Cc1ccc(C(=O)N[C@@H](CO)C(=O)O)n1C. The van der Waals surface area contributed by atoms with E-state index in [1.54, 1.807) is 23.7 Å². The van der Waals surface area contributed by atoms with E-state index in [-0.39, 0.29) is 0 Å². The van der Waals surface area contributed by atoms with Crippen molar-refractivity contribution in [3.63, 3.8) is 0 Å². The molecule has 1 atom stereocenters. The Balaban J connectivity index is 2.80. The summed E-state index contributed by atoms with van der Waals surface area (Å²) in [4.78, 5) is 22.3. The first kappa shape index (κ1) is 12.3. The molecular weight excluding hydrogens is 212 g/mol. The smallest absolute Gasteiger partial charge is 0.328 e. The number of nitrogens with one attached hydrogen (secondary N) is 1. The summed E-state index contributed by atoms with van der Waals surface area (Å²) in [6, 6.07) is 2.08. The van der Waals surface area contributed by atoms with Gasteiger partial charge >= 0.3 is 5.97 Å². The third-order valence-corrected chi connectivity index (χ3v) is 2.39. The molecule has 0 aliphatic rings. The second-order valence-corrected chi connectivity index (χ2v) is 3.47. The van der Waals surface area contributed by atoms with Crippen LogP contribution >= 0.6 is 0 Å². The fourth-order valence-corrected chi connectivity index (χ4v) is 1.26. The summed E-state index contributed by atoms with van der Waals surface area (Å²) < 4.78 is 1.64. The Labute approximate surface area is 92.5 Å². The van der Waals surface area contributed by atoms with Crippen molar-refractivity contribution in [3.05, 3.63) is 23.5 Å². The van der Waals surface area contributed by atoms with Crippen LogP contribution in [0.1, 0.15) is 16.2 Å². The number of aromatic nitrogens is 1. The van der Waals surface area contributed by atoms with Crippen LogP contribution in [-0.2, 0) is 11.8 Å². The highest BCUT2D eigenvalue weighted by Crippen LogP contribution is 2.05. The molecule has 0 unspecified atom stereocenters. The van der Waals surface area contributed by atoms with Crippen LogP contribution in [0, 0.1) is 6.92 Å². The average molecular weight is 226 g/mol. The molecule has 0 bridgehead atoms. The number of carbonyl (C=O) groups is 2. The molecule has 1 aromatic heterocycles. The van der Waals surface area contributed by atoms with E-state index in [0.717, 1.165) is 5.69 Å². The zero-order valence-electron chi connectivity index (χ0n) is 9.10. The molecule has 6 nitrogen and oxygen atoms in total. The lowest BCUT2D eigenvalue weighted by molar-refractivity contribution is -0.140. The van der Waals surface area contributed by atoms with Crippen molar-refractivity contribution < 1.29 is 19.8 Å². The van der Waals surface area contributed by atoms with Crippen molar-refractivity contribution in [2.24, 2.45) is 7.05 Å². The highest BCUT2D eigenvalue weighted by molar-refractivity contribution is 5.95. The zero-order chi connectivity index (χ0) is 12.3. The fraction of sp³-hybridized carbons (Fsp3) is 0.400. The molecule has 1 rings (SSSR count). The Kier molecular flexibility index (Phi) is 3.68. The largest absolute Gasteiger partial charge is 0.480 e. The first-order valence-electron chi connectivity index (χ1n) is 4.74. The second-order valence-electron chi connectivity index (χ2n) is 3.47. The molecular formula is C10H14N2O4. The molecule has 6 heteroatoms. The molecule has 0 aromatic carbocycles. The monoisotopic (exact) mass is 226 g/mol. The second kappa shape index (κ2) is 4.80. The Morgan fingerprint density at radius 2 is 2.12 bits per heavy atom. The van der Waals surface area contributed by atoms with Crippen molar-refractivity contribution in [1.29, 1.82) is 0 Å². The first-order valence-corrected chi connectivity index (χ1v) is 4.74. The molecule has 88 valence electrons. The molecule has 0 radical (unpaired) electrons. The van der Waals surface area contributed by atoms with E-state index in [1.165, 1.54) is 0 Å². The van der Waals surface area contributed by atoms with E-state index < -0.39 is 24.5 Å². The molecule has 0 aliphatic heterocycles. The molecule has 3 N–H and O–H groups in total. The summed E-state index contributed by atoms with van der Waals surface area (Å²) in [5.74, 6) is -1.78. The van der Waals surface area contributed by atoms with Crippen LogP contribution in [0.25, 0.3) is 0 Å². The minimum atomic E-state index is -1.28. The number of carbonyl (C=O) groups excluding carboxylic acids is 1. The Morgan fingerprint density at radius 3 is 2.50 bits per heavy atom. The van der Waals surface area contributed by atoms with E-state index in [9.17, 15) is 9.59 Å². The lowest BCUT2D eigenvalue weighted by Gasteiger charge is -2.12. The lowest BCUT2D eigenvalue weighted by Crippen LogP contribution is -2.43. The van der Waals surface area contributed by atoms with Crippen LogP contribution in [0.5, 0.6) is 0 Å². The number of rotatable bonds is 4. The molecule has 1 amide bonds. The summed E-state index contributed by atoms with van der Waals surface area (Å²) in [5.41, 5.74) is 1.25. The van der Waals surface area contributed by atoms with Gasteiger partial charge in [-0.2, -0.15) is 0 Å². The van der Waals surface area contributed by atoms with Gasteiger partial charge in [-0.15, -0.1) is 0 Å².